The Morgan fingerprint density at radius 1 is 1.26 bits per heavy atom. The second kappa shape index (κ2) is 7.41. The number of morpholine rings is 1. The number of halogens is 1. The molecule has 1 unspecified atom stereocenters. The predicted molar refractivity (Wildman–Crippen MR) is 108 cm³/mol. The lowest BCUT2D eigenvalue weighted by Crippen LogP contribution is -2.36. The van der Waals surface area contributed by atoms with Crippen LogP contribution >= 0.6 is 11.6 Å². The third-order valence-electron chi connectivity index (χ3n) is 5.20. The van der Waals surface area contributed by atoms with Crippen molar-refractivity contribution in [2.24, 2.45) is 5.92 Å². The van der Waals surface area contributed by atoms with Gasteiger partial charge in [-0.2, -0.15) is 0 Å². The Hall–Kier alpha value is -2.24. The second-order valence-corrected chi connectivity index (χ2v) is 7.25. The maximum Gasteiger partial charge on any atom is 0.176 e. The summed E-state index contributed by atoms with van der Waals surface area (Å²) < 4.78 is 17.5. The van der Waals surface area contributed by atoms with E-state index in [9.17, 15) is 0 Å². The van der Waals surface area contributed by atoms with E-state index >= 15 is 0 Å². The number of methoxy groups -OCH3 is 1. The Kier molecular flexibility index (Phi) is 4.98. The van der Waals surface area contributed by atoms with Crippen molar-refractivity contribution in [3.63, 3.8) is 0 Å². The van der Waals surface area contributed by atoms with Gasteiger partial charge in [-0.3, -0.25) is 0 Å². The van der Waals surface area contributed by atoms with Crippen molar-refractivity contribution >= 4 is 34.0 Å². The second-order valence-electron chi connectivity index (χ2n) is 6.86. The van der Waals surface area contributed by atoms with Gasteiger partial charge in [0.15, 0.2) is 5.58 Å². The van der Waals surface area contributed by atoms with Crippen LogP contribution in [0.1, 0.15) is 19.6 Å². The van der Waals surface area contributed by atoms with Crippen molar-refractivity contribution in [1.29, 1.82) is 0 Å². The standard InChI is InChI=1S/C21H23ClN2O3/c1-13-5-4-6-15(20(25-3)14(13)2)18-11-16-21(27-18)17(12-19(22)23-16)24-7-9-26-10-8-24/h4-6,11-13H,7-10H2,1-3H3. The van der Waals surface area contributed by atoms with Gasteiger partial charge in [-0.25, -0.2) is 4.98 Å². The maximum atomic E-state index is 6.30. The third-order valence-corrected chi connectivity index (χ3v) is 5.39. The van der Waals surface area contributed by atoms with E-state index in [1.54, 1.807) is 7.11 Å². The molecule has 27 heavy (non-hydrogen) atoms. The minimum absolute atomic E-state index is 0.301. The van der Waals surface area contributed by atoms with Gasteiger partial charge in [0.1, 0.15) is 22.2 Å². The van der Waals surface area contributed by atoms with Gasteiger partial charge in [0.2, 0.25) is 0 Å². The first-order valence-corrected chi connectivity index (χ1v) is 9.53. The van der Waals surface area contributed by atoms with Crippen LogP contribution in [0.25, 0.3) is 16.7 Å². The normalized spacial score (nSPS) is 20.8. The lowest BCUT2D eigenvalue weighted by Gasteiger charge is -2.28. The molecule has 0 aromatic carbocycles. The van der Waals surface area contributed by atoms with E-state index in [2.05, 4.69) is 29.8 Å². The predicted octanol–water partition coefficient (Wildman–Crippen LogP) is 4.83. The molecule has 2 aliphatic rings. The molecule has 1 atom stereocenters. The average molecular weight is 387 g/mol. The van der Waals surface area contributed by atoms with Crippen LogP contribution in [0.5, 0.6) is 0 Å². The highest BCUT2D eigenvalue weighted by atomic mass is 35.5. The molecule has 0 amide bonds. The molecule has 0 N–H and O–H groups in total. The number of aromatic nitrogens is 1. The van der Waals surface area contributed by atoms with Crippen molar-refractivity contribution in [3.8, 4) is 0 Å². The minimum Gasteiger partial charge on any atom is -0.496 e. The molecule has 0 radical (unpaired) electrons. The summed E-state index contributed by atoms with van der Waals surface area (Å²) in [4.78, 5) is 6.70. The van der Waals surface area contributed by atoms with E-state index < -0.39 is 0 Å². The zero-order chi connectivity index (χ0) is 19.0. The molecule has 6 heteroatoms. The van der Waals surface area contributed by atoms with E-state index in [4.69, 9.17) is 25.5 Å². The van der Waals surface area contributed by atoms with E-state index in [0.29, 0.717) is 24.3 Å². The lowest BCUT2D eigenvalue weighted by atomic mass is 9.99. The van der Waals surface area contributed by atoms with Crippen LogP contribution in [0.3, 0.4) is 0 Å². The Labute approximate surface area is 163 Å². The third kappa shape index (κ3) is 3.37. The fourth-order valence-corrected chi connectivity index (χ4v) is 3.76. The highest BCUT2D eigenvalue weighted by Gasteiger charge is 2.23. The van der Waals surface area contributed by atoms with Crippen LogP contribution in [0.4, 0.5) is 5.69 Å². The smallest absolute Gasteiger partial charge is 0.176 e. The summed E-state index contributed by atoms with van der Waals surface area (Å²) >= 11 is 6.29. The van der Waals surface area contributed by atoms with E-state index in [1.807, 2.05) is 24.3 Å². The highest BCUT2D eigenvalue weighted by molar-refractivity contribution is 6.30. The summed E-state index contributed by atoms with van der Waals surface area (Å²) in [6.07, 6.45) is 6.23. The number of hydrogen-bond acceptors (Lipinski definition) is 5. The lowest BCUT2D eigenvalue weighted by molar-refractivity contribution is 0.122. The van der Waals surface area contributed by atoms with Gasteiger partial charge in [0, 0.05) is 25.2 Å². The monoisotopic (exact) mass is 386 g/mol. The number of ether oxygens (including phenoxy) is 2. The molecule has 3 heterocycles. The topological polar surface area (TPSA) is 47.7 Å². The minimum atomic E-state index is 0.301. The van der Waals surface area contributed by atoms with Gasteiger partial charge in [0.25, 0.3) is 0 Å². The zero-order valence-electron chi connectivity index (χ0n) is 15.8. The first-order valence-electron chi connectivity index (χ1n) is 9.15. The van der Waals surface area contributed by atoms with Gasteiger partial charge in [-0.05, 0) is 24.5 Å². The number of pyridine rings is 1. The molecule has 4 rings (SSSR count). The van der Waals surface area contributed by atoms with Crippen molar-refractivity contribution < 1.29 is 13.9 Å². The fourth-order valence-electron chi connectivity index (χ4n) is 3.57. The molecule has 5 nitrogen and oxygen atoms in total. The molecule has 1 fully saturated rings. The number of allylic oxidation sites excluding steroid dienone is 5. The Morgan fingerprint density at radius 3 is 2.78 bits per heavy atom. The Balaban J connectivity index is 1.84. The Morgan fingerprint density at radius 2 is 2.04 bits per heavy atom. The molecule has 0 spiro atoms. The van der Waals surface area contributed by atoms with Crippen LogP contribution in [0.15, 0.2) is 46.1 Å². The molecule has 0 bridgehead atoms. The molecule has 1 aliphatic heterocycles. The highest BCUT2D eigenvalue weighted by Crippen LogP contribution is 2.38. The van der Waals surface area contributed by atoms with Gasteiger partial charge < -0.3 is 18.8 Å². The first-order chi connectivity index (χ1) is 13.1. The van der Waals surface area contributed by atoms with Crippen molar-refractivity contribution in [3.05, 3.63) is 52.6 Å². The first kappa shape index (κ1) is 18.1. The molecule has 0 saturated carbocycles. The van der Waals surface area contributed by atoms with Crippen LogP contribution in [-0.4, -0.2) is 38.4 Å². The number of furan rings is 1. The largest absolute Gasteiger partial charge is 0.496 e. The van der Waals surface area contributed by atoms with E-state index in [1.165, 1.54) is 0 Å². The molecular weight excluding hydrogens is 364 g/mol. The molecule has 2 aromatic rings. The van der Waals surface area contributed by atoms with Crippen LogP contribution in [0, 0.1) is 5.92 Å². The summed E-state index contributed by atoms with van der Waals surface area (Å²) in [6, 6.07) is 3.80. The van der Waals surface area contributed by atoms with E-state index in [0.717, 1.165) is 52.5 Å². The number of nitrogens with zero attached hydrogens (tertiary/aromatic N) is 2. The number of hydrogen-bond donors (Lipinski definition) is 0. The molecular formula is C21H23ClN2O3. The number of rotatable bonds is 3. The summed E-state index contributed by atoms with van der Waals surface area (Å²) in [5, 5.41) is 0.457. The summed E-state index contributed by atoms with van der Waals surface area (Å²) in [5.41, 5.74) is 4.52. The van der Waals surface area contributed by atoms with Crippen molar-refractivity contribution in [2.45, 2.75) is 13.8 Å². The Bertz CT molecular complexity index is 952. The van der Waals surface area contributed by atoms with E-state index in [-0.39, 0.29) is 0 Å². The zero-order valence-corrected chi connectivity index (χ0v) is 16.5. The molecule has 1 saturated heterocycles. The number of fused-ring (bicyclic) bond motifs is 1. The van der Waals surface area contributed by atoms with Crippen LogP contribution in [-0.2, 0) is 9.47 Å². The fraction of sp³-hybridized carbons (Fsp3) is 0.381. The SMILES string of the molecule is COC1=C(C)C(C)C=CC=C1c1cc2nc(Cl)cc(N3CCOCC3)c2o1. The summed E-state index contributed by atoms with van der Waals surface area (Å²) in [7, 11) is 1.70. The van der Waals surface area contributed by atoms with Gasteiger partial charge in [-0.15, -0.1) is 0 Å². The molecule has 1 aliphatic carbocycles. The summed E-state index contributed by atoms with van der Waals surface area (Å²) in [6.45, 7) is 7.23. The molecule has 2 aromatic heterocycles. The van der Waals surface area contributed by atoms with Gasteiger partial charge in [-0.1, -0.05) is 30.7 Å². The quantitative estimate of drug-likeness (QED) is 0.707. The summed E-state index contributed by atoms with van der Waals surface area (Å²) in [5.74, 6) is 1.87. The van der Waals surface area contributed by atoms with Gasteiger partial charge >= 0.3 is 0 Å². The van der Waals surface area contributed by atoms with Crippen LogP contribution < -0.4 is 4.90 Å². The molecule has 142 valence electrons. The van der Waals surface area contributed by atoms with Crippen molar-refractivity contribution in [2.75, 3.05) is 38.3 Å². The van der Waals surface area contributed by atoms with Crippen molar-refractivity contribution in [1.82, 2.24) is 4.98 Å². The maximum absolute atomic E-state index is 6.30. The number of anilines is 1. The van der Waals surface area contributed by atoms with Gasteiger partial charge in [0.05, 0.1) is 31.6 Å². The van der Waals surface area contributed by atoms with Crippen LogP contribution in [0.2, 0.25) is 5.15 Å². The average Bonchev–Trinajstić information content (AvgIpc) is 3.04.